The van der Waals surface area contributed by atoms with Crippen molar-refractivity contribution < 1.29 is 9.59 Å². The van der Waals surface area contributed by atoms with E-state index in [9.17, 15) is 9.59 Å². The number of nitrogens with one attached hydrogen (secondary N) is 1. The van der Waals surface area contributed by atoms with Gasteiger partial charge in [0.15, 0.2) is 0 Å². The normalized spacial score (nSPS) is 10.4. The SMILES string of the molecule is CN(C)C(=O)CNC(=O)c1ccc(-c2cc(Cl)cc(Cl)c2)s1. The van der Waals surface area contributed by atoms with Crippen LogP contribution in [0.1, 0.15) is 9.67 Å². The Morgan fingerprint density at radius 3 is 2.36 bits per heavy atom. The van der Waals surface area contributed by atoms with Gasteiger partial charge in [-0.15, -0.1) is 11.3 Å². The Morgan fingerprint density at radius 1 is 1.14 bits per heavy atom. The number of hydrogen-bond donors (Lipinski definition) is 1. The molecule has 1 aromatic carbocycles. The van der Waals surface area contributed by atoms with Gasteiger partial charge in [-0.3, -0.25) is 9.59 Å². The highest BCUT2D eigenvalue weighted by Crippen LogP contribution is 2.32. The van der Waals surface area contributed by atoms with Gasteiger partial charge < -0.3 is 10.2 Å². The van der Waals surface area contributed by atoms with Gasteiger partial charge in [0.05, 0.1) is 11.4 Å². The summed E-state index contributed by atoms with van der Waals surface area (Å²) >= 11 is 13.3. The maximum atomic E-state index is 12.0. The minimum Gasteiger partial charge on any atom is -0.347 e. The van der Waals surface area contributed by atoms with Crippen molar-refractivity contribution in [3.8, 4) is 10.4 Å². The highest BCUT2D eigenvalue weighted by atomic mass is 35.5. The van der Waals surface area contributed by atoms with Gasteiger partial charge in [0.1, 0.15) is 0 Å². The molecule has 0 aliphatic carbocycles. The number of rotatable bonds is 4. The standard InChI is InChI=1S/C15H14Cl2N2O2S/c1-19(2)14(20)8-18-15(21)13-4-3-12(22-13)9-5-10(16)7-11(17)6-9/h3-7H,8H2,1-2H3,(H,18,21). The molecule has 0 saturated carbocycles. The van der Waals surface area contributed by atoms with Crippen LogP contribution in [0.3, 0.4) is 0 Å². The molecule has 0 radical (unpaired) electrons. The topological polar surface area (TPSA) is 49.4 Å². The fraction of sp³-hybridized carbons (Fsp3) is 0.200. The van der Waals surface area contributed by atoms with Crippen molar-refractivity contribution in [3.63, 3.8) is 0 Å². The maximum absolute atomic E-state index is 12.0. The Bertz CT molecular complexity index is 693. The molecule has 0 aliphatic rings. The smallest absolute Gasteiger partial charge is 0.261 e. The summed E-state index contributed by atoms with van der Waals surface area (Å²) in [6.07, 6.45) is 0. The first-order valence-electron chi connectivity index (χ1n) is 6.41. The molecule has 1 N–H and O–H groups in total. The van der Waals surface area contributed by atoms with E-state index in [0.29, 0.717) is 14.9 Å². The molecular formula is C15H14Cl2N2O2S. The second-order valence-electron chi connectivity index (χ2n) is 4.79. The summed E-state index contributed by atoms with van der Waals surface area (Å²) in [4.78, 5) is 26.3. The summed E-state index contributed by atoms with van der Waals surface area (Å²) < 4.78 is 0. The van der Waals surface area contributed by atoms with E-state index < -0.39 is 0 Å². The third-order valence-corrected chi connectivity index (χ3v) is 4.45. The van der Waals surface area contributed by atoms with Crippen LogP contribution in [0.2, 0.25) is 10.0 Å². The van der Waals surface area contributed by atoms with Crippen molar-refractivity contribution in [1.29, 1.82) is 0 Å². The van der Waals surface area contributed by atoms with E-state index in [1.54, 1.807) is 38.4 Å². The summed E-state index contributed by atoms with van der Waals surface area (Å²) in [5, 5.41) is 3.68. The van der Waals surface area contributed by atoms with Gasteiger partial charge in [0.25, 0.3) is 5.91 Å². The van der Waals surface area contributed by atoms with Crippen LogP contribution < -0.4 is 5.32 Å². The second kappa shape index (κ2) is 7.13. The zero-order chi connectivity index (χ0) is 16.3. The largest absolute Gasteiger partial charge is 0.347 e. The van der Waals surface area contributed by atoms with E-state index >= 15 is 0 Å². The summed E-state index contributed by atoms with van der Waals surface area (Å²) in [5.41, 5.74) is 0.853. The van der Waals surface area contributed by atoms with E-state index in [0.717, 1.165) is 10.4 Å². The zero-order valence-corrected chi connectivity index (χ0v) is 14.4. The van der Waals surface area contributed by atoms with Gasteiger partial charge in [0.2, 0.25) is 5.91 Å². The summed E-state index contributed by atoms with van der Waals surface area (Å²) in [7, 11) is 3.28. The van der Waals surface area contributed by atoms with E-state index in [4.69, 9.17) is 23.2 Å². The van der Waals surface area contributed by atoms with Crippen molar-refractivity contribution >= 4 is 46.4 Å². The van der Waals surface area contributed by atoms with Crippen LogP contribution in [0.4, 0.5) is 0 Å². The average molecular weight is 357 g/mol. The van der Waals surface area contributed by atoms with Gasteiger partial charge >= 0.3 is 0 Å². The van der Waals surface area contributed by atoms with Crippen LogP contribution >= 0.6 is 34.5 Å². The van der Waals surface area contributed by atoms with Crippen molar-refractivity contribution in [2.24, 2.45) is 0 Å². The molecule has 0 saturated heterocycles. The molecule has 116 valence electrons. The number of halogens is 2. The number of carbonyl (C=O) groups excluding carboxylic acids is 2. The lowest BCUT2D eigenvalue weighted by atomic mass is 10.2. The van der Waals surface area contributed by atoms with E-state index in [-0.39, 0.29) is 18.4 Å². The Balaban J connectivity index is 2.10. The lowest BCUT2D eigenvalue weighted by Crippen LogP contribution is -2.35. The highest BCUT2D eigenvalue weighted by molar-refractivity contribution is 7.17. The summed E-state index contributed by atoms with van der Waals surface area (Å²) in [5.74, 6) is -0.439. The number of thiophene rings is 1. The molecule has 7 heteroatoms. The van der Waals surface area contributed by atoms with Gasteiger partial charge in [-0.1, -0.05) is 23.2 Å². The van der Waals surface area contributed by atoms with Crippen LogP contribution in [0.25, 0.3) is 10.4 Å². The first-order chi connectivity index (χ1) is 10.4. The molecule has 0 spiro atoms. The fourth-order valence-electron chi connectivity index (χ4n) is 1.71. The number of benzene rings is 1. The molecule has 4 nitrogen and oxygen atoms in total. The first-order valence-corrected chi connectivity index (χ1v) is 7.98. The van der Waals surface area contributed by atoms with Gasteiger partial charge in [-0.05, 0) is 35.9 Å². The molecule has 0 atom stereocenters. The predicted molar refractivity (Wildman–Crippen MR) is 90.8 cm³/mol. The van der Waals surface area contributed by atoms with Gasteiger partial charge in [0, 0.05) is 29.0 Å². The number of hydrogen-bond acceptors (Lipinski definition) is 3. The van der Waals surface area contributed by atoms with Crippen molar-refractivity contribution in [1.82, 2.24) is 10.2 Å². The molecule has 0 aliphatic heterocycles. The predicted octanol–water partition coefficient (Wildman–Crippen LogP) is 3.54. The Kier molecular flexibility index (Phi) is 5.45. The molecule has 22 heavy (non-hydrogen) atoms. The third-order valence-electron chi connectivity index (χ3n) is 2.88. The highest BCUT2D eigenvalue weighted by Gasteiger charge is 2.13. The average Bonchev–Trinajstić information content (AvgIpc) is 2.93. The fourth-order valence-corrected chi connectivity index (χ4v) is 3.15. The lowest BCUT2D eigenvalue weighted by molar-refractivity contribution is -0.127. The minimum absolute atomic E-state index is 0.0257. The first kappa shape index (κ1) is 16.8. The van der Waals surface area contributed by atoms with Crippen molar-refractivity contribution in [2.75, 3.05) is 20.6 Å². The van der Waals surface area contributed by atoms with Crippen molar-refractivity contribution in [2.45, 2.75) is 0 Å². The monoisotopic (exact) mass is 356 g/mol. The molecule has 1 heterocycles. The molecule has 1 aromatic heterocycles. The Labute approximate surface area is 142 Å². The van der Waals surface area contributed by atoms with Crippen LogP contribution in [-0.2, 0) is 4.79 Å². The van der Waals surface area contributed by atoms with Gasteiger partial charge in [-0.25, -0.2) is 0 Å². The molecular weight excluding hydrogens is 343 g/mol. The number of nitrogens with zero attached hydrogens (tertiary/aromatic N) is 1. The van der Waals surface area contributed by atoms with Crippen LogP contribution in [0.5, 0.6) is 0 Å². The van der Waals surface area contributed by atoms with E-state index in [2.05, 4.69) is 5.32 Å². The molecule has 2 rings (SSSR count). The van der Waals surface area contributed by atoms with Gasteiger partial charge in [-0.2, -0.15) is 0 Å². The Morgan fingerprint density at radius 2 is 1.77 bits per heavy atom. The van der Waals surface area contributed by atoms with Crippen LogP contribution in [0, 0.1) is 0 Å². The maximum Gasteiger partial charge on any atom is 0.261 e. The molecule has 0 bridgehead atoms. The summed E-state index contributed by atoms with van der Waals surface area (Å²) in [6.45, 7) is -0.0257. The van der Waals surface area contributed by atoms with Crippen LogP contribution in [0.15, 0.2) is 30.3 Å². The molecule has 0 fully saturated rings. The quantitative estimate of drug-likeness (QED) is 0.910. The second-order valence-corrected chi connectivity index (χ2v) is 6.75. The number of amides is 2. The van der Waals surface area contributed by atoms with Crippen LogP contribution in [-0.4, -0.2) is 37.4 Å². The van der Waals surface area contributed by atoms with Crippen molar-refractivity contribution in [3.05, 3.63) is 45.3 Å². The van der Waals surface area contributed by atoms with E-state index in [1.807, 2.05) is 6.07 Å². The summed E-state index contributed by atoms with van der Waals surface area (Å²) in [6, 6.07) is 8.77. The molecule has 2 amide bonds. The number of likely N-dealkylation sites (N-methyl/N-ethyl adjacent to an activating group) is 1. The lowest BCUT2D eigenvalue weighted by Gasteiger charge is -2.10. The van der Waals surface area contributed by atoms with E-state index in [1.165, 1.54) is 16.2 Å². The third kappa shape index (κ3) is 4.22. The molecule has 2 aromatic rings. The zero-order valence-electron chi connectivity index (χ0n) is 12.0. The minimum atomic E-state index is -0.278. The Hall–Kier alpha value is -1.56. The number of carbonyl (C=O) groups is 2. The molecule has 0 unspecified atom stereocenters.